The van der Waals surface area contributed by atoms with Crippen LogP contribution >= 0.6 is 11.8 Å². The number of likely N-dealkylation sites (tertiary alicyclic amines) is 1. The highest BCUT2D eigenvalue weighted by Gasteiger charge is 2.49. The Labute approximate surface area is 517 Å². The van der Waals surface area contributed by atoms with Crippen molar-refractivity contribution in [1.29, 1.82) is 0 Å². The second-order valence-electron chi connectivity index (χ2n) is 27.5. The van der Waals surface area contributed by atoms with E-state index in [2.05, 4.69) is 27.3 Å². The van der Waals surface area contributed by atoms with Gasteiger partial charge in [0, 0.05) is 44.3 Å². The lowest BCUT2D eigenvalue weighted by Gasteiger charge is -2.42. The molecule has 5 N–H and O–H groups in total. The van der Waals surface area contributed by atoms with E-state index in [1.165, 1.54) is 30.8 Å². The smallest absolute Gasteiger partial charge is 0.410 e. The molecule has 8 amide bonds. The van der Waals surface area contributed by atoms with Crippen LogP contribution in [0.2, 0.25) is 0 Å². The standard InChI is InChI=1S/C66H92N8O12S/c1-38(71(14)61(83)85-64(6,7)8)55(77)69-53(63(3,4)5)59(81)73-36-45(34-51(73)58(80)68-49-29-21-25-41-23-17-19-27-47(41)49)42-30-31-43-33-50(57(79)67-48-28-20-24-40-22-16-18-26-46(40)48)74(35-44(43)32-42)60(82)54(66(12,13)87-37-52(75)76)70-56(78)39(2)72(15)62(84)86-65(9,10)11/h16-19,22-23,26-27,30-32,38-39,45,48-51,53-54H,20-21,24-25,28-29,33-37H2,1-15H3,(H,67,79)(H,68,80)(H,69,77)(H,70,78)(H,75,76)/t38-,39-,45?,48?,49+,50?,51-,53?,54?/m0/s1. The van der Waals surface area contributed by atoms with Crippen molar-refractivity contribution >= 4 is 65.4 Å². The summed E-state index contributed by atoms with van der Waals surface area (Å²) in [7, 11) is 2.86. The van der Waals surface area contributed by atoms with Crippen LogP contribution in [0.25, 0.3) is 0 Å². The summed E-state index contributed by atoms with van der Waals surface area (Å²) in [5.41, 5.74) is 3.90. The number of aliphatic carboxylic acids is 1. The molecule has 1 saturated heterocycles. The third-order valence-corrected chi connectivity index (χ3v) is 18.5. The van der Waals surface area contributed by atoms with E-state index >= 15 is 19.2 Å². The van der Waals surface area contributed by atoms with Crippen LogP contribution < -0.4 is 21.3 Å². The van der Waals surface area contributed by atoms with Gasteiger partial charge in [-0.25, -0.2) is 9.59 Å². The number of fused-ring (bicyclic) bond motifs is 3. The summed E-state index contributed by atoms with van der Waals surface area (Å²) in [5.74, 6) is -5.21. The molecule has 3 aromatic carbocycles. The van der Waals surface area contributed by atoms with Gasteiger partial charge in [0.1, 0.15) is 47.5 Å². The molecule has 2 aliphatic heterocycles. The number of thioether (sulfide) groups is 1. The summed E-state index contributed by atoms with van der Waals surface area (Å²) < 4.78 is 9.80. The van der Waals surface area contributed by atoms with E-state index in [1.807, 2.05) is 81.4 Å². The maximum atomic E-state index is 15.8. The molecule has 2 heterocycles. The van der Waals surface area contributed by atoms with Crippen LogP contribution in [0.3, 0.4) is 0 Å². The number of carboxylic acids is 1. The molecule has 9 atom stereocenters. The van der Waals surface area contributed by atoms with Crippen molar-refractivity contribution in [1.82, 2.24) is 40.9 Å². The number of likely N-dealkylation sites (N-methyl/N-ethyl adjacent to an activating group) is 2. The molecule has 87 heavy (non-hydrogen) atoms. The first-order valence-electron chi connectivity index (χ1n) is 30.4. The Hall–Kier alpha value is -7.16. The first kappa shape index (κ1) is 67.3. The molecule has 0 spiro atoms. The van der Waals surface area contributed by atoms with E-state index in [1.54, 1.807) is 67.2 Å². The maximum absolute atomic E-state index is 15.8. The molecule has 3 aromatic rings. The highest BCUT2D eigenvalue weighted by Crippen LogP contribution is 2.40. The molecule has 5 unspecified atom stereocenters. The number of ether oxygens (including phenoxy) is 2. The molecule has 0 radical (unpaired) electrons. The van der Waals surface area contributed by atoms with Crippen LogP contribution in [0.4, 0.5) is 9.59 Å². The van der Waals surface area contributed by atoms with Gasteiger partial charge in [-0.05, 0) is 159 Å². The molecule has 2 aliphatic carbocycles. The molecule has 7 rings (SSSR count). The predicted octanol–water partition coefficient (Wildman–Crippen LogP) is 8.13. The van der Waals surface area contributed by atoms with Gasteiger partial charge in [0.15, 0.2) is 0 Å². The number of carbonyl (C=O) groups excluding carboxylic acids is 8. The Bertz CT molecular complexity index is 3090. The van der Waals surface area contributed by atoms with E-state index in [4.69, 9.17) is 9.47 Å². The molecule has 4 aliphatic rings. The lowest BCUT2D eigenvalue weighted by Crippen LogP contribution is -2.64. The first-order valence-corrected chi connectivity index (χ1v) is 31.4. The number of nitrogens with zero attached hydrogens (tertiary/aromatic N) is 4. The fourth-order valence-electron chi connectivity index (χ4n) is 11.9. The second-order valence-corrected chi connectivity index (χ2v) is 29.2. The van der Waals surface area contributed by atoms with Crippen molar-refractivity contribution in [3.63, 3.8) is 0 Å². The third-order valence-electron chi connectivity index (χ3n) is 17.2. The van der Waals surface area contributed by atoms with Crippen molar-refractivity contribution in [3.8, 4) is 0 Å². The van der Waals surface area contributed by atoms with Crippen LogP contribution in [0.1, 0.15) is 179 Å². The van der Waals surface area contributed by atoms with Gasteiger partial charge >= 0.3 is 18.2 Å². The fraction of sp³-hybridized carbons (Fsp3) is 0.591. The zero-order valence-electron chi connectivity index (χ0n) is 53.5. The minimum atomic E-state index is -1.43. The number of carbonyl (C=O) groups is 9. The van der Waals surface area contributed by atoms with Gasteiger partial charge in [-0.15, -0.1) is 11.8 Å². The van der Waals surface area contributed by atoms with Crippen molar-refractivity contribution in [2.75, 3.05) is 26.4 Å². The van der Waals surface area contributed by atoms with E-state index in [9.17, 15) is 29.1 Å². The molecule has 0 bridgehead atoms. The molecule has 1 fully saturated rings. The Balaban J connectivity index is 1.25. The molecule has 474 valence electrons. The molecule has 21 heteroatoms. The monoisotopic (exact) mass is 1220 g/mol. The van der Waals surface area contributed by atoms with E-state index in [-0.39, 0.29) is 43.9 Å². The van der Waals surface area contributed by atoms with Gasteiger partial charge in [-0.2, -0.15) is 0 Å². The summed E-state index contributed by atoms with van der Waals surface area (Å²) in [5, 5.41) is 22.3. The molecular formula is C66H92N8O12S. The maximum Gasteiger partial charge on any atom is 0.410 e. The minimum absolute atomic E-state index is 0.0698. The van der Waals surface area contributed by atoms with Crippen molar-refractivity contribution < 1.29 is 57.7 Å². The Morgan fingerprint density at radius 2 is 1.09 bits per heavy atom. The number of hydrogen-bond acceptors (Lipinski definition) is 12. The number of hydrogen-bond donors (Lipinski definition) is 5. The van der Waals surface area contributed by atoms with Gasteiger partial charge in [-0.3, -0.25) is 43.4 Å². The summed E-state index contributed by atoms with van der Waals surface area (Å²) >= 11 is 0.947. The van der Waals surface area contributed by atoms with Crippen molar-refractivity contribution in [2.24, 2.45) is 5.41 Å². The first-order chi connectivity index (χ1) is 40.5. The summed E-state index contributed by atoms with van der Waals surface area (Å²) in [6.45, 7) is 22.0. The van der Waals surface area contributed by atoms with Crippen LogP contribution in [-0.4, -0.2) is 157 Å². The van der Waals surface area contributed by atoms with Crippen LogP contribution in [0, 0.1) is 5.41 Å². The average molecular weight is 1220 g/mol. The van der Waals surface area contributed by atoms with Gasteiger partial charge in [0.2, 0.25) is 35.4 Å². The van der Waals surface area contributed by atoms with Gasteiger partial charge in [0.05, 0.1) is 17.8 Å². The predicted molar refractivity (Wildman–Crippen MR) is 332 cm³/mol. The summed E-state index contributed by atoms with van der Waals surface area (Å²) in [6, 6.07) is 14.2. The van der Waals surface area contributed by atoms with Gasteiger partial charge in [-0.1, -0.05) is 87.5 Å². The lowest BCUT2D eigenvalue weighted by molar-refractivity contribution is -0.146. The third kappa shape index (κ3) is 16.5. The summed E-state index contributed by atoms with van der Waals surface area (Å²) in [4.78, 5) is 134. The van der Waals surface area contributed by atoms with Gasteiger partial charge < -0.3 is 45.6 Å². The lowest BCUT2D eigenvalue weighted by atomic mass is 9.85. The Morgan fingerprint density at radius 1 is 0.621 bits per heavy atom. The summed E-state index contributed by atoms with van der Waals surface area (Å²) in [6.07, 6.45) is 3.57. The van der Waals surface area contributed by atoms with Crippen molar-refractivity contribution in [3.05, 3.63) is 106 Å². The Kier molecular flexibility index (Phi) is 21.0. The number of amides is 8. The number of aryl methyl sites for hydroxylation is 2. The molecule has 0 saturated carbocycles. The highest BCUT2D eigenvalue weighted by molar-refractivity contribution is 8.01. The van der Waals surface area contributed by atoms with E-state index in [0.29, 0.717) is 18.4 Å². The van der Waals surface area contributed by atoms with Crippen LogP contribution in [0.15, 0.2) is 66.7 Å². The van der Waals surface area contributed by atoms with Crippen LogP contribution in [0.5, 0.6) is 0 Å². The topological polar surface area (TPSA) is 253 Å². The number of benzene rings is 3. The number of rotatable bonds is 17. The molecule has 20 nitrogen and oxygen atoms in total. The average Bonchev–Trinajstić information content (AvgIpc) is 2.05. The zero-order chi connectivity index (χ0) is 64.2. The Morgan fingerprint density at radius 3 is 1.57 bits per heavy atom. The van der Waals surface area contributed by atoms with Gasteiger partial charge in [0.25, 0.3) is 0 Å². The highest BCUT2D eigenvalue weighted by atomic mass is 32.2. The van der Waals surface area contributed by atoms with E-state index < -0.39 is 117 Å². The quantitative estimate of drug-likeness (QED) is 0.0857. The molecule has 0 aromatic heterocycles. The normalized spacial score (nSPS) is 20.8. The zero-order valence-corrected chi connectivity index (χ0v) is 54.3. The number of carboxylic acid groups (broad SMARTS) is 1. The van der Waals surface area contributed by atoms with E-state index in [0.717, 1.165) is 75.7 Å². The fourth-order valence-corrected chi connectivity index (χ4v) is 12.8. The van der Waals surface area contributed by atoms with Crippen LogP contribution in [-0.2, 0) is 68.8 Å². The largest absolute Gasteiger partial charge is 0.481 e. The molecular weight excluding hydrogens is 1130 g/mol. The number of nitrogens with one attached hydrogen (secondary N) is 4. The minimum Gasteiger partial charge on any atom is -0.481 e. The second kappa shape index (κ2) is 27.1. The SMILES string of the molecule is C[C@@H](C(=O)NC(C(=O)N1CC(c2ccc3c(c2)CN(C(=O)C(NC(=O)[C@H](C)N(C)C(=O)OC(C)(C)C)C(C)(C)SCC(=O)O)C(C(=O)NC2CCCc4ccccc42)C3)C[C@H]1C(=O)N[C@@H]1CCCc2ccccc21)C(C)(C)C)N(C)C(=O)OC(C)(C)C. The van der Waals surface area contributed by atoms with Crippen molar-refractivity contribution in [2.45, 2.75) is 218 Å².